The SMILES string of the molecule is COc1ccc(Cl)cc1NC(=O)CN1CCc2nc(NC(=O)c3ccco3)sc2C1. The lowest BCUT2D eigenvalue weighted by Crippen LogP contribution is -2.36. The van der Waals surface area contributed by atoms with Crippen molar-refractivity contribution < 1.29 is 18.7 Å². The Morgan fingerprint density at radius 2 is 2.20 bits per heavy atom. The van der Waals surface area contributed by atoms with Crippen LogP contribution in [0.15, 0.2) is 41.0 Å². The van der Waals surface area contributed by atoms with Crippen molar-refractivity contribution in [1.29, 1.82) is 0 Å². The molecular weight excluding hydrogens is 428 g/mol. The van der Waals surface area contributed by atoms with Crippen LogP contribution in [0.2, 0.25) is 5.02 Å². The van der Waals surface area contributed by atoms with E-state index in [1.165, 1.54) is 24.7 Å². The number of benzene rings is 1. The fraction of sp³-hybridized carbons (Fsp3) is 0.250. The van der Waals surface area contributed by atoms with Gasteiger partial charge >= 0.3 is 0 Å². The van der Waals surface area contributed by atoms with Gasteiger partial charge in [0, 0.05) is 29.4 Å². The number of fused-ring (bicyclic) bond motifs is 1. The number of nitrogens with zero attached hydrogens (tertiary/aromatic N) is 2. The van der Waals surface area contributed by atoms with Gasteiger partial charge in [-0.25, -0.2) is 4.98 Å². The second-order valence-electron chi connectivity index (χ2n) is 6.67. The Hall–Kier alpha value is -2.88. The van der Waals surface area contributed by atoms with E-state index in [0.29, 0.717) is 41.1 Å². The number of methoxy groups -OCH3 is 1. The molecule has 1 aliphatic rings. The van der Waals surface area contributed by atoms with Crippen LogP contribution in [0.25, 0.3) is 0 Å². The van der Waals surface area contributed by atoms with Gasteiger partial charge in [-0.1, -0.05) is 11.6 Å². The Bertz CT molecular complexity index is 1070. The molecule has 3 heterocycles. The molecule has 0 atom stereocenters. The maximum Gasteiger partial charge on any atom is 0.293 e. The number of aromatic nitrogens is 1. The first kappa shape index (κ1) is 20.4. The molecule has 0 saturated carbocycles. The summed E-state index contributed by atoms with van der Waals surface area (Å²) in [7, 11) is 1.54. The molecule has 0 bridgehead atoms. The molecule has 0 fully saturated rings. The van der Waals surface area contributed by atoms with Gasteiger partial charge in [0.25, 0.3) is 5.91 Å². The second kappa shape index (κ2) is 8.86. The number of hydrogen-bond donors (Lipinski definition) is 2. The third-order valence-electron chi connectivity index (χ3n) is 4.58. The number of carbonyl (C=O) groups excluding carboxylic acids is 2. The summed E-state index contributed by atoms with van der Waals surface area (Å²) in [6.07, 6.45) is 2.15. The summed E-state index contributed by atoms with van der Waals surface area (Å²) >= 11 is 7.43. The molecule has 4 rings (SSSR count). The number of hydrogen-bond acceptors (Lipinski definition) is 7. The molecule has 3 aromatic rings. The number of furan rings is 1. The summed E-state index contributed by atoms with van der Waals surface area (Å²) in [5, 5.41) is 6.65. The fourth-order valence-corrected chi connectivity index (χ4v) is 4.39. The van der Waals surface area contributed by atoms with Gasteiger partial charge < -0.3 is 14.5 Å². The predicted molar refractivity (Wildman–Crippen MR) is 114 cm³/mol. The molecule has 30 heavy (non-hydrogen) atoms. The van der Waals surface area contributed by atoms with E-state index < -0.39 is 0 Å². The van der Waals surface area contributed by atoms with E-state index in [-0.39, 0.29) is 24.1 Å². The lowest BCUT2D eigenvalue weighted by atomic mass is 10.2. The van der Waals surface area contributed by atoms with Crippen LogP contribution in [-0.4, -0.2) is 41.9 Å². The molecular formula is C20H19ClN4O4S. The zero-order valence-corrected chi connectivity index (χ0v) is 17.7. The van der Waals surface area contributed by atoms with Crippen molar-refractivity contribution in [1.82, 2.24) is 9.88 Å². The molecule has 2 N–H and O–H groups in total. The van der Waals surface area contributed by atoms with Crippen LogP contribution in [0.3, 0.4) is 0 Å². The number of thiazole rings is 1. The summed E-state index contributed by atoms with van der Waals surface area (Å²) in [6.45, 7) is 1.51. The zero-order valence-electron chi connectivity index (χ0n) is 16.1. The summed E-state index contributed by atoms with van der Waals surface area (Å²) in [5.41, 5.74) is 1.48. The minimum atomic E-state index is -0.335. The van der Waals surface area contributed by atoms with Crippen molar-refractivity contribution >= 4 is 45.6 Å². The zero-order chi connectivity index (χ0) is 21.1. The summed E-state index contributed by atoms with van der Waals surface area (Å²) < 4.78 is 10.4. The predicted octanol–water partition coefficient (Wildman–Crippen LogP) is 3.65. The van der Waals surface area contributed by atoms with Gasteiger partial charge in [0.2, 0.25) is 5.91 Å². The third-order valence-corrected chi connectivity index (χ3v) is 5.81. The quantitative estimate of drug-likeness (QED) is 0.600. The monoisotopic (exact) mass is 446 g/mol. The lowest BCUT2D eigenvalue weighted by molar-refractivity contribution is -0.117. The fourth-order valence-electron chi connectivity index (χ4n) is 3.17. The van der Waals surface area contributed by atoms with Crippen LogP contribution in [0.4, 0.5) is 10.8 Å². The van der Waals surface area contributed by atoms with Crippen LogP contribution in [0, 0.1) is 0 Å². The van der Waals surface area contributed by atoms with Crippen molar-refractivity contribution in [3.05, 3.63) is 57.9 Å². The molecule has 8 nitrogen and oxygen atoms in total. The Morgan fingerprint density at radius 1 is 1.33 bits per heavy atom. The molecule has 1 aliphatic heterocycles. The average molecular weight is 447 g/mol. The van der Waals surface area contributed by atoms with E-state index in [1.54, 1.807) is 30.3 Å². The number of carbonyl (C=O) groups is 2. The Kier molecular flexibility index (Phi) is 6.03. The highest BCUT2D eigenvalue weighted by Crippen LogP contribution is 2.30. The highest BCUT2D eigenvalue weighted by atomic mass is 35.5. The average Bonchev–Trinajstić information content (AvgIpc) is 3.37. The van der Waals surface area contributed by atoms with Gasteiger partial charge in [-0.3, -0.25) is 19.8 Å². The highest BCUT2D eigenvalue weighted by molar-refractivity contribution is 7.15. The third kappa shape index (κ3) is 4.64. The van der Waals surface area contributed by atoms with Crippen molar-refractivity contribution in [3.63, 3.8) is 0 Å². The number of amides is 2. The number of nitrogens with one attached hydrogen (secondary N) is 2. The number of anilines is 2. The van der Waals surface area contributed by atoms with Gasteiger partial charge in [0.05, 0.1) is 31.3 Å². The molecule has 1 aromatic carbocycles. The van der Waals surface area contributed by atoms with Crippen LogP contribution >= 0.6 is 22.9 Å². The van der Waals surface area contributed by atoms with E-state index in [2.05, 4.69) is 15.6 Å². The first-order chi connectivity index (χ1) is 14.5. The van der Waals surface area contributed by atoms with E-state index in [0.717, 1.165) is 10.6 Å². The summed E-state index contributed by atoms with van der Waals surface area (Å²) in [6, 6.07) is 8.32. The van der Waals surface area contributed by atoms with Crippen molar-refractivity contribution in [2.45, 2.75) is 13.0 Å². The molecule has 0 radical (unpaired) electrons. The smallest absolute Gasteiger partial charge is 0.293 e. The summed E-state index contributed by atoms with van der Waals surface area (Å²) in [4.78, 5) is 32.2. The molecule has 0 unspecified atom stereocenters. The Labute approximate surface area is 181 Å². The maximum absolute atomic E-state index is 12.5. The van der Waals surface area contributed by atoms with Crippen molar-refractivity contribution in [3.8, 4) is 5.75 Å². The van der Waals surface area contributed by atoms with Crippen LogP contribution in [-0.2, 0) is 17.8 Å². The normalized spacial score (nSPS) is 13.5. The summed E-state index contributed by atoms with van der Waals surface area (Å²) in [5.74, 6) is 0.290. The van der Waals surface area contributed by atoms with Crippen LogP contribution in [0.1, 0.15) is 21.1 Å². The number of ether oxygens (including phenoxy) is 1. The molecule has 10 heteroatoms. The van der Waals surface area contributed by atoms with E-state index in [4.69, 9.17) is 20.8 Å². The minimum Gasteiger partial charge on any atom is -0.495 e. The Balaban J connectivity index is 1.36. The van der Waals surface area contributed by atoms with Crippen LogP contribution in [0.5, 0.6) is 5.75 Å². The molecule has 2 aromatic heterocycles. The molecule has 156 valence electrons. The minimum absolute atomic E-state index is 0.158. The van der Waals surface area contributed by atoms with Gasteiger partial charge in [-0.15, -0.1) is 11.3 Å². The van der Waals surface area contributed by atoms with E-state index in [1.807, 2.05) is 4.90 Å². The first-order valence-corrected chi connectivity index (χ1v) is 10.4. The van der Waals surface area contributed by atoms with Crippen molar-refractivity contribution in [2.24, 2.45) is 0 Å². The Morgan fingerprint density at radius 3 is 2.97 bits per heavy atom. The maximum atomic E-state index is 12.5. The number of halogens is 1. The van der Waals surface area contributed by atoms with Crippen LogP contribution < -0.4 is 15.4 Å². The van der Waals surface area contributed by atoms with Gasteiger partial charge in [-0.2, -0.15) is 0 Å². The molecule has 2 amide bonds. The van der Waals surface area contributed by atoms with Gasteiger partial charge in [0.1, 0.15) is 5.75 Å². The topological polar surface area (TPSA) is 96.7 Å². The van der Waals surface area contributed by atoms with Gasteiger partial charge in [-0.05, 0) is 30.3 Å². The molecule has 0 saturated heterocycles. The van der Waals surface area contributed by atoms with E-state index in [9.17, 15) is 9.59 Å². The van der Waals surface area contributed by atoms with E-state index >= 15 is 0 Å². The largest absolute Gasteiger partial charge is 0.495 e. The second-order valence-corrected chi connectivity index (χ2v) is 8.19. The molecule has 0 spiro atoms. The standard InChI is InChI=1S/C20H19ClN4O4S/c1-28-15-5-4-12(21)9-14(15)22-18(26)11-25-7-6-13-17(10-25)30-20(23-13)24-19(27)16-3-2-8-29-16/h2-5,8-9H,6-7,10-11H2,1H3,(H,22,26)(H,23,24,27). The lowest BCUT2D eigenvalue weighted by Gasteiger charge is -2.25. The first-order valence-electron chi connectivity index (χ1n) is 9.21. The molecule has 0 aliphatic carbocycles. The van der Waals surface area contributed by atoms with Gasteiger partial charge in [0.15, 0.2) is 10.9 Å². The highest BCUT2D eigenvalue weighted by Gasteiger charge is 2.23. The number of rotatable bonds is 6. The van der Waals surface area contributed by atoms with Crippen molar-refractivity contribution in [2.75, 3.05) is 30.8 Å².